The average Bonchev–Trinajstić information content (AvgIpc) is 2.69. The van der Waals surface area contributed by atoms with E-state index in [4.69, 9.17) is 0 Å². The first kappa shape index (κ1) is 15.5. The topological polar surface area (TPSA) is 41.1 Å². The molecule has 0 spiro atoms. The number of benzene rings is 1. The van der Waals surface area contributed by atoms with E-state index < -0.39 is 0 Å². The van der Waals surface area contributed by atoms with Crippen LogP contribution in [0.3, 0.4) is 0 Å². The second-order valence-corrected chi connectivity index (χ2v) is 6.44. The molecular weight excluding hydrogens is 316 g/mol. The first-order valence-electron chi connectivity index (χ1n) is 7.44. The van der Waals surface area contributed by atoms with Crippen LogP contribution in [0, 0.1) is 6.92 Å². The quantitative estimate of drug-likeness (QED) is 0.814. The van der Waals surface area contributed by atoms with Crippen LogP contribution >= 0.6 is 15.9 Å². The van der Waals surface area contributed by atoms with Gasteiger partial charge in [0.2, 0.25) is 5.91 Å². The molecule has 2 N–H and O–H groups in total. The van der Waals surface area contributed by atoms with E-state index in [0.717, 1.165) is 10.2 Å². The Hall–Kier alpha value is -0.870. The van der Waals surface area contributed by atoms with Crippen molar-refractivity contribution in [3.8, 4) is 0 Å². The van der Waals surface area contributed by atoms with E-state index in [1.54, 1.807) is 0 Å². The lowest BCUT2D eigenvalue weighted by Gasteiger charge is -2.16. The third-order valence-corrected chi connectivity index (χ3v) is 4.72. The molecule has 0 radical (unpaired) electrons. The number of rotatable bonds is 4. The van der Waals surface area contributed by atoms with Gasteiger partial charge in [-0.25, -0.2) is 0 Å². The van der Waals surface area contributed by atoms with Crippen LogP contribution in [0.25, 0.3) is 0 Å². The number of aryl methyl sites for hydroxylation is 1. The Kier molecular flexibility index (Phi) is 6.05. The summed E-state index contributed by atoms with van der Waals surface area (Å²) >= 11 is 3.48. The van der Waals surface area contributed by atoms with Crippen LogP contribution in [0.1, 0.15) is 44.1 Å². The Morgan fingerprint density at radius 3 is 2.60 bits per heavy atom. The number of carbonyl (C=O) groups is 1. The number of anilines is 1. The number of halogens is 1. The van der Waals surface area contributed by atoms with Gasteiger partial charge < -0.3 is 10.6 Å². The molecule has 110 valence electrons. The number of amides is 1. The lowest BCUT2D eigenvalue weighted by atomic mass is 10.1. The summed E-state index contributed by atoms with van der Waals surface area (Å²) in [5, 5.41) is 6.32. The molecule has 1 aliphatic rings. The Morgan fingerprint density at radius 1 is 1.25 bits per heavy atom. The standard InChI is InChI=1S/C16H23BrN2O/c1-12-8-9-14(10-15(12)17)19-16(20)11-18-13-6-4-2-3-5-7-13/h8-10,13,18H,2-7,11H2,1H3,(H,19,20). The van der Waals surface area contributed by atoms with Crippen LogP contribution in [0.15, 0.2) is 22.7 Å². The highest BCUT2D eigenvalue weighted by Gasteiger charge is 2.13. The Balaban J connectivity index is 1.78. The normalized spacial score (nSPS) is 16.7. The van der Waals surface area contributed by atoms with Gasteiger partial charge in [0.1, 0.15) is 0 Å². The van der Waals surface area contributed by atoms with Crippen molar-refractivity contribution in [2.24, 2.45) is 0 Å². The molecule has 20 heavy (non-hydrogen) atoms. The molecule has 2 rings (SSSR count). The number of carbonyl (C=O) groups excluding carboxylic acids is 1. The van der Waals surface area contributed by atoms with E-state index in [2.05, 4.69) is 26.6 Å². The fourth-order valence-electron chi connectivity index (χ4n) is 2.60. The van der Waals surface area contributed by atoms with Gasteiger partial charge in [0, 0.05) is 16.2 Å². The van der Waals surface area contributed by atoms with Gasteiger partial charge in [-0.05, 0) is 37.5 Å². The highest BCUT2D eigenvalue weighted by molar-refractivity contribution is 9.10. The van der Waals surface area contributed by atoms with Crippen molar-refractivity contribution in [3.63, 3.8) is 0 Å². The maximum atomic E-state index is 11.9. The molecule has 1 fully saturated rings. The van der Waals surface area contributed by atoms with Gasteiger partial charge in [-0.15, -0.1) is 0 Å². The van der Waals surface area contributed by atoms with Crippen molar-refractivity contribution in [2.45, 2.75) is 51.5 Å². The van der Waals surface area contributed by atoms with Crippen molar-refractivity contribution in [3.05, 3.63) is 28.2 Å². The summed E-state index contributed by atoms with van der Waals surface area (Å²) in [6.07, 6.45) is 7.63. The van der Waals surface area contributed by atoms with Crippen molar-refractivity contribution in [1.29, 1.82) is 0 Å². The SMILES string of the molecule is Cc1ccc(NC(=O)CNC2CCCCCC2)cc1Br. The Morgan fingerprint density at radius 2 is 1.95 bits per heavy atom. The van der Waals surface area contributed by atoms with Crippen molar-refractivity contribution >= 4 is 27.5 Å². The first-order chi connectivity index (χ1) is 9.65. The van der Waals surface area contributed by atoms with E-state index in [-0.39, 0.29) is 5.91 Å². The summed E-state index contributed by atoms with van der Waals surface area (Å²) in [7, 11) is 0. The first-order valence-corrected chi connectivity index (χ1v) is 8.24. The maximum Gasteiger partial charge on any atom is 0.238 e. The van der Waals surface area contributed by atoms with E-state index >= 15 is 0 Å². The Bertz CT molecular complexity index is 454. The van der Waals surface area contributed by atoms with Crippen LogP contribution in [0.2, 0.25) is 0 Å². The smallest absolute Gasteiger partial charge is 0.238 e. The van der Waals surface area contributed by atoms with Gasteiger partial charge in [-0.1, -0.05) is 47.7 Å². The second kappa shape index (κ2) is 7.79. The fourth-order valence-corrected chi connectivity index (χ4v) is 2.98. The maximum absolute atomic E-state index is 11.9. The van der Waals surface area contributed by atoms with Crippen LogP contribution < -0.4 is 10.6 Å². The molecule has 0 saturated heterocycles. The summed E-state index contributed by atoms with van der Waals surface area (Å²) in [6, 6.07) is 6.38. The zero-order valence-electron chi connectivity index (χ0n) is 12.0. The predicted molar refractivity (Wildman–Crippen MR) is 87.0 cm³/mol. The lowest BCUT2D eigenvalue weighted by molar-refractivity contribution is -0.115. The molecular formula is C16H23BrN2O. The third-order valence-electron chi connectivity index (χ3n) is 3.86. The number of hydrogen-bond acceptors (Lipinski definition) is 2. The zero-order chi connectivity index (χ0) is 14.4. The molecule has 1 aromatic carbocycles. The fraction of sp³-hybridized carbons (Fsp3) is 0.562. The summed E-state index contributed by atoms with van der Waals surface area (Å²) in [5.41, 5.74) is 2.01. The largest absolute Gasteiger partial charge is 0.325 e. The highest BCUT2D eigenvalue weighted by atomic mass is 79.9. The van der Waals surface area contributed by atoms with Crippen LogP contribution in [-0.4, -0.2) is 18.5 Å². The van der Waals surface area contributed by atoms with E-state index in [9.17, 15) is 4.79 Å². The molecule has 1 aromatic rings. The molecule has 1 saturated carbocycles. The van der Waals surface area contributed by atoms with Gasteiger partial charge in [0.25, 0.3) is 0 Å². The lowest BCUT2D eigenvalue weighted by Crippen LogP contribution is -2.35. The molecule has 0 aromatic heterocycles. The van der Waals surface area contributed by atoms with Crippen LogP contribution in [0.5, 0.6) is 0 Å². The van der Waals surface area contributed by atoms with Crippen LogP contribution in [-0.2, 0) is 4.79 Å². The second-order valence-electron chi connectivity index (χ2n) is 5.58. The van der Waals surface area contributed by atoms with Crippen molar-refractivity contribution in [1.82, 2.24) is 5.32 Å². The average molecular weight is 339 g/mol. The summed E-state index contributed by atoms with van der Waals surface area (Å²) in [5.74, 6) is 0.0324. The van der Waals surface area contributed by atoms with Crippen molar-refractivity contribution < 1.29 is 4.79 Å². The Labute approximate surface area is 129 Å². The van der Waals surface area contributed by atoms with E-state index in [1.165, 1.54) is 44.1 Å². The molecule has 0 bridgehead atoms. The van der Waals surface area contributed by atoms with E-state index in [0.29, 0.717) is 12.6 Å². The minimum Gasteiger partial charge on any atom is -0.325 e. The molecule has 4 heteroatoms. The molecule has 1 amide bonds. The van der Waals surface area contributed by atoms with Gasteiger partial charge >= 0.3 is 0 Å². The van der Waals surface area contributed by atoms with Gasteiger partial charge in [-0.2, -0.15) is 0 Å². The predicted octanol–water partition coefficient (Wildman–Crippen LogP) is 4.01. The number of hydrogen-bond donors (Lipinski definition) is 2. The van der Waals surface area contributed by atoms with Gasteiger partial charge in [0.05, 0.1) is 6.54 Å². The van der Waals surface area contributed by atoms with Gasteiger partial charge in [0.15, 0.2) is 0 Å². The monoisotopic (exact) mass is 338 g/mol. The number of nitrogens with one attached hydrogen (secondary N) is 2. The minimum absolute atomic E-state index is 0.0324. The summed E-state index contributed by atoms with van der Waals surface area (Å²) in [4.78, 5) is 11.9. The minimum atomic E-state index is 0.0324. The highest BCUT2D eigenvalue weighted by Crippen LogP contribution is 2.20. The molecule has 0 aliphatic heterocycles. The molecule has 0 atom stereocenters. The molecule has 1 aliphatic carbocycles. The van der Waals surface area contributed by atoms with Gasteiger partial charge in [-0.3, -0.25) is 4.79 Å². The molecule has 0 heterocycles. The zero-order valence-corrected chi connectivity index (χ0v) is 13.6. The summed E-state index contributed by atoms with van der Waals surface area (Å²) < 4.78 is 1.02. The molecule has 3 nitrogen and oxygen atoms in total. The van der Waals surface area contributed by atoms with E-state index in [1.807, 2.05) is 25.1 Å². The van der Waals surface area contributed by atoms with Crippen LogP contribution in [0.4, 0.5) is 5.69 Å². The third kappa shape index (κ3) is 4.91. The summed E-state index contributed by atoms with van der Waals surface area (Å²) in [6.45, 7) is 2.43. The van der Waals surface area contributed by atoms with Crippen molar-refractivity contribution in [2.75, 3.05) is 11.9 Å². The molecule has 0 unspecified atom stereocenters.